The highest BCUT2D eigenvalue weighted by Gasteiger charge is 2.22. The first-order valence-electron chi connectivity index (χ1n) is 6.90. The molecule has 0 radical (unpaired) electrons. The summed E-state index contributed by atoms with van der Waals surface area (Å²) in [6, 6.07) is 8.24. The molecule has 1 aliphatic rings. The third kappa shape index (κ3) is 3.80. The van der Waals surface area contributed by atoms with Gasteiger partial charge < -0.3 is 14.9 Å². The van der Waals surface area contributed by atoms with E-state index in [0.29, 0.717) is 11.5 Å². The number of hydrogen-bond donors (Lipinski definition) is 2. The molecule has 0 bridgehead atoms. The van der Waals surface area contributed by atoms with Gasteiger partial charge in [0, 0.05) is 12.6 Å². The Hall–Kier alpha value is -0.875. The summed E-state index contributed by atoms with van der Waals surface area (Å²) in [6.07, 6.45) is 2.35. The Kier molecular flexibility index (Phi) is 4.99. The van der Waals surface area contributed by atoms with Crippen LogP contribution in [-0.4, -0.2) is 60.2 Å². The topological polar surface area (TPSA) is 46.9 Å². The Morgan fingerprint density at radius 2 is 1.84 bits per heavy atom. The van der Waals surface area contributed by atoms with E-state index < -0.39 is 7.12 Å². The van der Waals surface area contributed by atoms with Crippen LogP contribution in [0.4, 0.5) is 0 Å². The molecule has 2 rings (SSSR count). The van der Waals surface area contributed by atoms with Gasteiger partial charge in [0.25, 0.3) is 0 Å². The average Bonchev–Trinajstić information content (AvgIpc) is 2.39. The van der Waals surface area contributed by atoms with Crippen molar-refractivity contribution in [2.45, 2.75) is 25.4 Å². The quantitative estimate of drug-likeness (QED) is 0.743. The second-order valence-electron chi connectivity index (χ2n) is 5.54. The lowest BCUT2D eigenvalue weighted by atomic mass is 9.77. The van der Waals surface area contributed by atoms with E-state index in [2.05, 4.69) is 23.9 Å². The maximum atomic E-state index is 9.38. The lowest BCUT2D eigenvalue weighted by Crippen LogP contribution is -2.43. The number of nitrogens with zero attached hydrogens (tertiary/aromatic N) is 2. The third-order valence-corrected chi connectivity index (χ3v) is 4.01. The SMILES string of the molecule is CN(C)C1CCN(Cc2ccccc2B(O)O)CC1. The molecule has 2 N–H and O–H groups in total. The van der Waals surface area contributed by atoms with Gasteiger partial charge >= 0.3 is 7.12 Å². The van der Waals surface area contributed by atoms with E-state index in [1.54, 1.807) is 6.07 Å². The molecule has 0 saturated carbocycles. The molecular formula is C14H23BN2O2. The first kappa shape index (κ1) is 14.5. The Bertz CT molecular complexity index is 404. The van der Waals surface area contributed by atoms with Gasteiger partial charge in [-0.1, -0.05) is 24.3 Å². The molecule has 0 atom stereocenters. The zero-order valence-corrected chi connectivity index (χ0v) is 11.8. The molecule has 1 fully saturated rings. The van der Waals surface area contributed by atoms with Crippen molar-refractivity contribution in [2.24, 2.45) is 0 Å². The maximum absolute atomic E-state index is 9.38. The number of rotatable bonds is 4. The molecule has 0 aliphatic carbocycles. The van der Waals surface area contributed by atoms with Crippen LogP contribution >= 0.6 is 0 Å². The zero-order chi connectivity index (χ0) is 13.8. The van der Waals surface area contributed by atoms with Gasteiger partial charge in [-0.2, -0.15) is 0 Å². The number of hydrogen-bond acceptors (Lipinski definition) is 4. The van der Waals surface area contributed by atoms with Gasteiger partial charge in [0.2, 0.25) is 0 Å². The van der Waals surface area contributed by atoms with Crippen molar-refractivity contribution in [1.29, 1.82) is 0 Å². The highest BCUT2D eigenvalue weighted by molar-refractivity contribution is 6.59. The van der Waals surface area contributed by atoms with Gasteiger partial charge in [0.05, 0.1) is 0 Å². The Morgan fingerprint density at radius 3 is 2.42 bits per heavy atom. The summed E-state index contributed by atoms with van der Waals surface area (Å²) in [5, 5.41) is 18.8. The molecule has 19 heavy (non-hydrogen) atoms. The van der Waals surface area contributed by atoms with Crippen LogP contribution in [0.2, 0.25) is 0 Å². The second kappa shape index (κ2) is 6.52. The fourth-order valence-corrected chi connectivity index (χ4v) is 2.76. The Balaban J connectivity index is 1.96. The molecule has 0 amide bonds. The molecule has 4 nitrogen and oxygen atoms in total. The molecule has 104 valence electrons. The summed E-state index contributed by atoms with van der Waals surface area (Å²) in [5.74, 6) is 0. The van der Waals surface area contributed by atoms with Crippen molar-refractivity contribution < 1.29 is 10.0 Å². The molecule has 0 aromatic heterocycles. The molecule has 0 unspecified atom stereocenters. The molecule has 5 heteroatoms. The summed E-state index contributed by atoms with van der Waals surface area (Å²) in [5.41, 5.74) is 1.64. The van der Waals surface area contributed by atoms with Crippen LogP contribution in [0.25, 0.3) is 0 Å². The molecule has 1 aromatic carbocycles. The molecular weight excluding hydrogens is 239 g/mol. The van der Waals surface area contributed by atoms with Crippen LogP contribution in [0.15, 0.2) is 24.3 Å². The second-order valence-corrected chi connectivity index (χ2v) is 5.54. The largest absolute Gasteiger partial charge is 0.488 e. The van der Waals surface area contributed by atoms with Crippen molar-refractivity contribution in [3.8, 4) is 0 Å². The van der Waals surface area contributed by atoms with Gasteiger partial charge in [-0.05, 0) is 51.1 Å². The lowest BCUT2D eigenvalue weighted by molar-refractivity contribution is 0.140. The van der Waals surface area contributed by atoms with E-state index in [0.717, 1.165) is 25.2 Å². The zero-order valence-electron chi connectivity index (χ0n) is 11.8. The molecule has 1 saturated heterocycles. The van der Waals surface area contributed by atoms with Crippen molar-refractivity contribution >= 4 is 12.6 Å². The van der Waals surface area contributed by atoms with E-state index >= 15 is 0 Å². The van der Waals surface area contributed by atoms with E-state index in [9.17, 15) is 10.0 Å². The van der Waals surface area contributed by atoms with Crippen LogP contribution in [0.3, 0.4) is 0 Å². The predicted molar refractivity (Wildman–Crippen MR) is 78.3 cm³/mol. The summed E-state index contributed by atoms with van der Waals surface area (Å²) < 4.78 is 0. The lowest BCUT2D eigenvalue weighted by Gasteiger charge is -2.35. The average molecular weight is 262 g/mol. The van der Waals surface area contributed by atoms with Crippen molar-refractivity contribution in [3.63, 3.8) is 0 Å². The normalized spacial score (nSPS) is 17.9. The van der Waals surface area contributed by atoms with Gasteiger partial charge in [-0.15, -0.1) is 0 Å². The standard InChI is InChI=1S/C14H23BN2O2/c1-16(2)13-7-9-17(10-8-13)11-12-5-3-4-6-14(12)15(18)19/h3-6,13,18-19H,7-11H2,1-2H3. The van der Waals surface area contributed by atoms with E-state index in [1.165, 1.54) is 12.8 Å². The van der Waals surface area contributed by atoms with Crippen LogP contribution < -0.4 is 5.46 Å². The van der Waals surface area contributed by atoms with Gasteiger partial charge in [0.1, 0.15) is 0 Å². The molecule has 1 heterocycles. The minimum absolute atomic E-state index is 0.622. The highest BCUT2D eigenvalue weighted by atomic mass is 16.4. The number of likely N-dealkylation sites (tertiary alicyclic amines) is 1. The fraction of sp³-hybridized carbons (Fsp3) is 0.571. The molecule has 0 spiro atoms. The van der Waals surface area contributed by atoms with E-state index in [4.69, 9.17) is 0 Å². The maximum Gasteiger partial charge on any atom is 0.488 e. The minimum atomic E-state index is -1.38. The minimum Gasteiger partial charge on any atom is -0.423 e. The van der Waals surface area contributed by atoms with Crippen LogP contribution in [0.5, 0.6) is 0 Å². The van der Waals surface area contributed by atoms with Crippen LogP contribution in [-0.2, 0) is 6.54 Å². The number of benzene rings is 1. The molecule has 1 aromatic rings. The predicted octanol–water partition coefficient (Wildman–Crippen LogP) is -0.108. The first-order chi connectivity index (χ1) is 9.08. The summed E-state index contributed by atoms with van der Waals surface area (Å²) in [4.78, 5) is 4.68. The van der Waals surface area contributed by atoms with Crippen LogP contribution in [0.1, 0.15) is 18.4 Å². The Labute approximate surface area is 115 Å². The van der Waals surface area contributed by atoms with Crippen molar-refractivity contribution in [2.75, 3.05) is 27.2 Å². The van der Waals surface area contributed by atoms with Crippen molar-refractivity contribution in [3.05, 3.63) is 29.8 Å². The van der Waals surface area contributed by atoms with Gasteiger partial charge in [0.15, 0.2) is 0 Å². The van der Waals surface area contributed by atoms with Gasteiger partial charge in [-0.3, -0.25) is 4.90 Å². The Morgan fingerprint density at radius 1 is 1.21 bits per heavy atom. The van der Waals surface area contributed by atoms with Crippen LogP contribution in [0, 0.1) is 0 Å². The summed E-state index contributed by atoms with van der Waals surface area (Å²) in [7, 11) is 2.89. The first-order valence-corrected chi connectivity index (χ1v) is 6.90. The smallest absolute Gasteiger partial charge is 0.423 e. The monoisotopic (exact) mass is 262 g/mol. The molecule has 1 aliphatic heterocycles. The highest BCUT2D eigenvalue weighted by Crippen LogP contribution is 2.16. The van der Waals surface area contributed by atoms with E-state index in [-0.39, 0.29) is 0 Å². The summed E-state index contributed by atoms with van der Waals surface area (Å²) in [6.45, 7) is 2.94. The van der Waals surface area contributed by atoms with Gasteiger partial charge in [-0.25, -0.2) is 0 Å². The van der Waals surface area contributed by atoms with Crippen molar-refractivity contribution in [1.82, 2.24) is 9.80 Å². The van der Waals surface area contributed by atoms with E-state index in [1.807, 2.05) is 18.2 Å². The third-order valence-electron chi connectivity index (χ3n) is 4.01. The fourth-order valence-electron chi connectivity index (χ4n) is 2.76. The number of piperidine rings is 1. The summed E-state index contributed by atoms with van der Waals surface area (Å²) >= 11 is 0.